The molecule has 66 valence electrons. The van der Waals surface area contributed by atoms with Crippen molar-refractivity contribution in [2.24, 2.45) is 0 Å². The number of thiol groups is 1. The number of aliphatic hydroxyl groups is 3. The smallest absolute Gasteiger partial charge is 0.173 e. The summed E-state index contributed by atoms with van der Waals surface area (Å²) in [4.78, 5) is 10.7. The van der Waals surface area contributed by atoms with E-state index in [1.165, 1.54) is 6.92 Å². The van der Waals surface area contributed by atoms with Crippen molar-refractivity contribution in [2.75, 3.05) is 5.75 Å². The van der Waals surface area contributed by atoms with Crippen molar-refractivity contribution in [3.05, 3.63) is 0 Å². The number of hydrogen-bond donors (Lipinski definition) is 4. The molecule has 1 unspecified atom stereocenters. The molecule has 0 aromatic rings. The standard InChI is InChI=1S/C6H12O4S/c1-3(7)5(9)6(10)4(8)2-11/h3,5-7,9-11H,2H2,1H3/t3?,5-,6+/m1/s1. The van der Waals surface area contributed by atoms with Gasteiger partial charge in [-0.15, -0.1) is 0 Å². The van der Waals surface area contributed by atoms with E-state index in [1.54, 1.807) is 0 Å². The molecular weight excluding hydrogens is 168 g/mol. The molecule has 0 aliphatic rings. The fourth-order valence-corrected chi connectivity index (χ4v) is 0.735. The first-order valence-corrected chi connectivity index (χ1v) is 3.81. The summed E-state index contributed by atoms with van der Waals surface area (Å²) in [6.07, 6.45) is -4.07. The van der Waals surface area contributed by atoms with Crippen LogP contribution in [0.2, 0.25) is 0 Å². The minimum absolute atomic E-state index is 0.148. The molecule has 3 atom stereocenters. The van der Waals surface area contributed by atoms with Gasteiger partial charge in [-0.25, -0.2) is 0 Å². The zero-order chi connectivity index (χ0) is 9.02. The van der Waals surface area contributed by atoms with Crippen LogP contribution in [-0.2, 0) is 4.79 Å². The molecule has 5 heteroatoms. The van der Waals surface area contributed by atoms with Crippen LogP contribution >= 0.6 is 12.6 Å². The Labute approximate surface area is 70.3 Å². The average molecular weight is 180 g/mol. The summed E-state index contributed by atoms with van der Waals surface area (Å²) < 4.78 is 0. The van der Waals surface area contributed by atoms with Crippen LogP contribution in [0, 0.1) is 0 Å². The maximum Gasteiger partial charge on any atom is 0.173 e. The van der Waals surface area contributed by atoms with Gasteiger partial charge in [0, 0.05) is 0 Å². The van der Waals surface area contributed by atoms with E-state index in [0.29, 0.717) is 0 Å². The monoisotopic (exact) mass is 180 g/mol. The van der Waals surface area contributed by atoms with Gasteiger partial charge in [0.2, 0.25) is 0 Å². The van der Waals surface area contributed by atoms with Gasteiger partial charge in [-0.2, -0.15) is 12.6 Å². The highest BCUT2D eigenvalue weighted by Gasteiger charge is 2.26. The zero-order valence-corrected chi connectivity index (χ0v) is 7.03. The van der Waals surface area contributed by atoms with E-state index < -0.39 is 24.1 Å². The summed E-state index contributed by atoms with van der Waals surface area (Å²) in [6.45, 7) is 1.29. The molecule has 0 saturated heterocycles. The van der Waals surface area contributed by atoms with Gasteiger partial charge >= 0.3 is 0 Å². The summed E-state index contributed by atoms with van der Waals surface area (Å²) in [7, 11) is 0. The molecule has 0 bridgehead atoms. The zero-order valence-electron chi connectivity index (χ0n) is 6.14. The number of aliphatic hydroxyl groups excluding tert-OH is 3. The Morgan fingerprint density at radius 2 is 1.91 bits per heavy atom. The summed E-state index contributed by atoms with van der Waals surface area (Å²) in [5.74, 6) is -0.743. The molecule has 11 heavy (non-hydrogen) atoms. The summed E-state index contributed by atoms with van der Waals surface area (Å²) in [6, 6.07) is 0. The lowest BCUT2D eigenvalue weighted by molar-refractivity contribution is -0.135. The van der Waals surface area contributed by atoms with Crippen LogP contribution in [0.4, 0.5) is 0 Å². The van der Waals surface area contributed by atoms with Crippen LogP contribution in [-0.4, -0.2) is 45.2 Å². The van der Waals surface area contributed by atoms with Crippen molar-refractivity contribution >= 4 is 18.4 Å². The molecule has 0 aliphatic carbocycles. The van der Waals surface area contributed by atoms with Crippen LogP contribution in [0.5, 0.6) is 0 Å². The van der Waals surface area contributed by atoms with Crippen LogP contribution in [0.3, 0.4) is 0 Å². The van der Waals surface area contributed by atoms with Crippen molar-refractivity contribution in [3.63, 3.8) is 0 Å². The Morgan fingerprint density at radius 1 is 1.45 bits per heavy atom. The molecule has 0 aliphatic heterocycles. The van der Waals surface area contributed by atoms with Crippen LogP contribution in [0.15, 0.2) is 0 Å². The minimum atomic E-state index is -1.53. The van der Waals surface area contributed by atoms with Crippen LogP contribution < -0.4 is 0 Å². The summed E-state index contributed by atoms with van der Waals surface area (Å²) in [5, 5.41) is 26.6. The molecule has 0 rings (SSSR count). The fraction of sp³-hybridized carbons (Fsp3) is 0.833. The Hall–Kier alpha value is -0.100. The number of Topliss-reactive ketones (excluding diaryl/α,β-unsaturated/α-hetero) is 1. The molecule has 0 heterocycles. The minimum Gasteiger partial charge on any atom is -0.391 e. The third-order valence-corrected chi connectivity index (χ3v) is 1.62. The predicted octanol–water partition coefficient (Wildman–Crippen LogP) is -1.41. The summed E-state index contributed by atoms with van der Waals surface area (Å²) >= 11 is 3.62. The lowest BCUT2D eigenvalue weighted by atomic mass is 10.1. The number of rotatable bonds is 4. The van der Waals surface area contributed by atoms with Crippen LogP contribution in [0.1, 0.15) is 6.92 Å². The third kappa shape index (κ3) is 3.20. The number of hydrogen-bond acceptors (Lipinski definition) is 5. The van der Waals surface area contributed by atoms with E-state index in [9.17, 15) is 4.79 Å². The van der Waals surface area contributed by atoms with Gasteiger partial charge in [-0.1, -0.05) is 0 Å². The molecule has 0 amide bonds. The topological polar surface area (TPSA) is 77.8 Å². The van der Waals surface area contributed by atoms with E-state index >= 15 is 0 Å². The fourth-order valence-electron chi connectivity index (χ4n) is 0.548. The molecular formula is C6H12O4S. The molecule has 0 radical (unpaired) electrons. The van der Waals surface area contributed by atoms with Gasteiger partial charge in [0.25, 0.3) is 0 Å². The molecule has 3 N–H and O–H groups in total. The maximum absolute atomic E-state index is 10.7. The number of carbonyl (C=O) groups is 1. The largest absolute Gasteiger partial charge is 0.391 e. The Kier molecular flexibility index (Phi) is 4.67. The first kappa shape index (κ1) is 10.9. The van der Waals surface area contributed by atoms with Gasteiger partial charge in [-0.3, -0.25) is 4.79 Å². The second kappa shape index (κ2) is 4.71. The van der Waals surface area contributed by atoms with E-state index in [1.807, 2.05) is 0 Å². The molecule has 0 saturated carbocycles. The molecule has 0 aromatic heterocycles. The van der Waals surface area contributed by atoms with Gasteiger partial charge in [-0.05, 0) is 6.92 Å². The molecule has 4 nitrogen and oxygen atoms in total. The molecule has 0 aromatic carbocycles. The molecule has 0 spiro atoms. The second-order valence-corrected chi connectivity index (χ2v) is 2.62. The van der Waals surface area contributed by atoms with Crippen LogP contribution in [0.25, 0.3) is 0 Å². The lowest BCUT2D eigenvalue weighted by Gasteiger charge is -2.17. The van der Waals surface area contributed by atoms with E-state index in [-0.39, 0.29) is 5.75 Å². The average Bonchev–Trinajstić information content (AvgIpc) is 2.00. The van der Waals surface area contributed by atoms with Crippen molar-refractivity contribution in [2.45, 2.75) is 25.2 Å². The number of carbonyl (C=O) groups excluding carboxylic acids is 1. The highest BCUT2D eigenvalue weighted by Crippen LogP contribution is 2.01. The Balaban J connectivity index is 4.01. The van der Waals surface area contributed by atoms with Gasteiger partial charge in [0.05, 0.1) is 11.9 Å². The first-order chi connectivity index (χ1) is 5.00. The van der Waals surface area contributed by atoms with Crippen molar-refractivity contribution < 1.29 is 20.1 Å². The van der Waals surface area contributed by atoms with Gasteiger partial charge in [0.15, 0.2) is 5.78 Å². The quantitative estimate of drug-likeness (QED) is 0.401. The second-order valence-electron chi connectivity index (χ2n) is 2.30. The van der Waals surface area contributed by atoms with Gasteiger partial charge < -0.3 is 15.3 Å². The third-order valence-electron chi connectivity index (χ3n) is 1.30. The van der Waals surface area contributed by atoms with E-state index in [4.69, 9.17) is 15.3 Å². The maximum atomic E-state index is 10.7. The highest BCUT2D eigenvalue weighted by molar-refractivity contribution is 7.81. The highest BCUT2D eigenvalue weighted by atomic mass is 32.1. The van der Waals surface area contributed by atoms with Crippen molar-refractivity contribution in [1.82, 2.24) is 0 Å². The van der Waals surface area contributed by atoms with E-state index in [2.05, 4.69) is 12.6 Å². The predicted molar refractivity (Wildman–Crippen MR) is 42.6 cm³/mol. The summed E-state index contributed by atoms with van der Waals surface area (Å²) in [5.41, 5.74) is 0. The SMILES string of the molecule is CC(O)[C@@H](O)[C@@H](O)C(=O)CS. The first-order valence-electron chi connectivity index (χ1n) is 3.18. The number of ketones is 1. The Morgan fingerprint density at radius 3 is 2.18 bits per heavy atom. The van der Waals surface area contributed by atoms with Crippen molar-refractivity contribution in [1.29, 1.82) is 0 Å². The lowest BCUT2D eigenvalue weighted by Crippen LogP contribution is -2.41. The Bertz CT molecular complexity index is 137. The van der Waals surface area contributed by atoms with Crippen molar-refractivity contribution in [3.8, 4) is 0 Å². The van der Waals surface area contributed by atoms with Gasteiger partial charge in [0.1, 0.15) is 12.2 Å². The normalized spacial score (nSPS) is 19.0. The molecule has 0 fully saturated rings. The van der Waals surface area contributed by atoms with E-state index in [0.717, 1.165) is 0 Å².